The average Bonchev–Trinajstić information content (AvgIpc) is 2.31. The Balaban J connectivity index is 3.04. The van der Waals surface area contributed by atoms with Gasteiger partial charge in [0.2, 0.25) is 0 Å². The first kappa shape index (κ1) is 13.2. The van der Waals surface area contributed by atoms with Crippen LogP contribution in [-0.4, -0.2) is 19.6 Å². The number of carbonyl (C=O) groups is 1. The Bertz CT molecular complexity index is 451. The highest BCUT2D eigenvalue weighted by Gasteiger charge is 2.22. The summed E-state index contributed by atoms with van der Waals surface area (Å²) in [6.07, 6.45) is 5.13. The summed E-state index contributed by atoms with van der Waals surface area (Å²) < 4.78 is 17.7. The number of methoxy groups -OCH3 is 1. The second kappa shape index (κ2) is 6.02. The van der Waals surface area contributed by atoms with Gasteiger partial charge >= 0.3 is 5.97 Å². The van der Waals surface area contributed by atoms with Crippen molar-refractivity contribution in [1.29, 1.82) is 0 Å². The van der Waals surface area contributed by atoms with Crippen LogP contribution in [0.15, 0.2) is 18.2 Å². The van der Waals surface area contributed by atoms with Crippen LogP contribution in [0.2, 0.25) is 0 Å². The van der Waals surface area contributed by atoms with E-state index in [1.54, 1.807) is 13.0 Å². The zero-order chi connectivity index (χ0) is 12.8. The summed E-state index contributed by atoms with van der Waals surface area (Å²) in [5, 5.41) is 2.86. The van der Waals surface area contributed by atoms with Gasteiger partial charge < -0.3 is 4.74 Å². The Morgan fingerprint density at radius 1 is 1.65 bits per heavy atom. The number of halogens is 1. The number of ether oxygens (including phenoxy) is 1. The lowest BCUT2D eigenvalue weighted by molar-refractivity contribution is -0.143. The van der Waals surface area contributed by atoms with Gasteiger partial charge in [0.25, 0.3) is 0 Å². The molecule has 3 nitrogen and oxygen atoms in total. The van der Waals surface area contributed by atoms with E-state index in [2.05, 4.69) is 16.0 Å². The maximum absolute atomic E-state index is 13.0. The molecule has 1 unspecified atom stereocenters. The monoisotopic (exact) mass is 235 g/mol. The van der Waals surface area contributed by atoms with E-state index in [1.165, 1.54) is 19.2 Å². The van der Waals surface area contributed by atoms with Gasteiger partial charge in [-0.2, -0.15) is 0 Å². The smallest absolute Gasteiger partial charge is 0.327 e. The summed E-state index contributed by atoms with van der Waals surface area (Å²) in [5.41, 5.74) is 1.33. The minimum atomic E-state index is -0.670. The number of hydrogen-bond donors (Lipinski definition) is 1. The average molecular weight is 235 g/mol. The van der Waals surface area contributed by atoms with Crippen molar-refractivity contribution in [2.45, 2.75) is 13.0 Å². The van der Waals surface area contributed by atoms with E-state index in [9.17, 15) is 9.18 Å². The summed E-state index contributed by atoms with van der Waals surface area (Å²) in [6, 6.07) is 3.55. The lowest BCUT2D eigenvalue weighted by Crippen LogP contribution is -2.30. The van der Waals surface area contributed by atoms with E-state index in [0.29, 0.717) is 11.1 Å². The van der Waals surface area contributed by atoms with Gasteiger partial charge in [-0.3, -0.25) is 5.32 Å². The third-order valence-electron chi connectivity index (χ3n) is 2.39. The first-order valence-electron chi connectivity index (χ1n) is 5.11. The second-order valence-corrected chi connectivity index (χ2v) is 3.54. The van der Waals surface area contributed by atoms with Gasteiger partial charge in [-0.25, -0.2) is 9.18 Å². The van der Waals surface area contributed by atoms with Gasteiger partial charge in [0.15, 0.2) is 0 Å². The first-order valence-corrected chi connectivity index (χ1v) is 5.11. The first-order chi connectivity index (χ1) is 8.10. The quantitative estimate of drug-likeness (QED) is 0.636. The van der Waals surface area contributed by atoms with E-state index in [1.807, 2.05) is 0 Å². The third kappa shape index (κ3) is 3.30. The highest BCUT2D eigenvalue weighted by Crippen LogP contribution is 2.19. The number of nitrogens with one attached hydrogen (secondary N) is 1. The lowest BCUT2D eigenvalue weighted by Gasteiger charge is -2.17. The Labute approximate surface area is 100.0 Å². The number of rotatable bonds is 4. The predicted molar refractivity (Wildman–Crippen MR) is 62.7 cm³/mol. The molecule has 0 saturated heterocycles. The summed E-state index contributed by atoms with van der Waals surface area (Å²) in [6.45, 7) is 1.96. The molecule has 90 valence electrons. The van der Waals surface area contributed by atoms with Crippen LogP contribution in [0.5, 0.6) is 0 Å². The lowest BCUT2D eigenvalue weighted by atomic mass is 10.0. The molecule has 1 aromatic carbocycles. The molecular formula is C13H14FNO2. The Morgan fingerprint density at radius 3 is 2.88 bits per heavy atom. The van der Waals surface area contributed by atoms with Crippen molar-refractivity contribution in [1.82, 2.24) is 5.32 Å². The molecule has 1 N–H and O–H groups in total. The fraction of sp³-hybridized carbons (Fsp3) is 0.308. The molecule has 1 aromatic rings. The van der Waals surface area contributed by atoms with Gasteiger partial charge in [0.05, 0.1) is 13.7 Å². The Hall–Kier alpha value is -1.86. The molecule has 0 heterocycles. The van der Waals surface area contributed by atoms with Gasteiger partial charge in [0, 0.05) is 0 Å². The fourth-order valence-electron chi connectivity index (χ4n) is 1.56. The summed E-state index contributed by atoms with van der Waals surface area (Å²) in [7, 11) is 1.30. The standard InChI is InChI=1S/C13H14FNO2/c1-4-7-15-12(13(16)17-3)11-6-5-10(14)8-9(11)2/h1,5-6,8,12,15H,7H2,2-3H3. The van der Waals surface area contributed by atoms with E-state index < -0.39 is 12.0 Å². The van der Waals surface area contributed by atoms with Crippen molar-refractivity contribution in [2.24, 2.45) is 0 Å². The number of aryl methyl sites for hydroxylation is 1. The van der Waals surface area contributed by atoms with Gasteiger partial charge in [-0.15, -0.1) is 6.42 Å². The molecule has 0 bridgehead atoms. The van der Waals surface area contributed by atoms with Crippen LogP contribution in [0.1, 0.15) is 17.2 Å². The van der Waals surface area contributed by atoms with Crippen LogP contribution >= 0.6 is 0 Å². The summed E-state index contributed by atoms with van der Waals surface area (Å²) >= 11 is 0. The van der Waals surface area contributed by atoms with Crippen molar-refractivity contribution in [3.63, 3.8) is 0 Å². The highest BCUT2D eigenvalue weighted by molar-refractivity contribution is 5.78. The zero-order valence-corrected chi connectivity index (χ0v) is 9.79. The summed E-state index contributed by atoms with van der Waals surface area (Å²) in [4.78, 5) is 11.6. The molecule has 0 fully saturated rings. The molecule has 0 amide bonds. The number of benzene rings is 1. The second-order valence-electron chi connectivity index (χ2n) is 3.54. The maximum Gasteiger partial charge on any atom is 0.327 e. The van der Waals surface area contributed by atoms with Crippen LogP contribution in [0.4, 0.5) is 4.39 Å². The largest absolute Gasteiger partial charge is 0.468 e. The van der Waals surface area contributed by atoms with Crippen LogP contribution in [-0.2, 0) is 9.53 Å². The molecular weight excluding hydrogens is 221 g/mol. The molecule has 0 aliphatic carbocycles. The predicted octanol–water partition coefficient (Wildman–Crippen LogP) is 1.57. The van der Waals surface area contributed by atoms with Crippen molar-refractivity contribution in [2.75, 3.05) is 13.7 Å². The maximum atomic E-state index is 13.0. The SMILES string of the molecule is C#CCNC(C(=O)OC)c1ccc(F)cc1C. The van der Waals surface area contributed by atoms with Crippen LogP contribution in [0.3, 0.4) is 0 Å². The number of terminal acetylenes is 1. The van der Waals surface area contributed by atoms with Crippen molar-refractivity contribution >= 4 is 5.97 Å². The normalized spacial score (nSPS) is 11.6. The van der Waals surface area contributed by atoms with E-state index in [0.717, 1.165) is 0 Å². The molecule has 0 spiro atoms. The molecule has 17 heavy (non-hydrogen) atoms. The molecule has 4 heteroatoms. The van der Waals surface area contributed by atoms with Crippen LogP contribution < -0.4 is 5.32 Å². The van der Waals surface area contributed by atoms with Crippen molar-refractivity contribution in [3.8, 4) is 12.3 Å². The minimum Gasteiger partial charge on any atom is -0.468 e. The molecule has 0 radical (unpaired) electrons. The Morgan fingerprint density at radius 2 is 2.35 bits per heavy atom. The van der Waals surface area contributed by atoms with Crippen molar-refractivity contribution in [3.05, 3.63) is 35.1 Å². The zero-order valence-electron chi connectivity index (χ0n) is 9.79. The highest BCUT2D eigenvalue weighted by atomic mass is 19.1. The van der Waals surface area contributed by atoms with Crippen molar-refractivity contribution < 1.29 is 13.9 Å². The molecule has 1 rings (SSSR count). The number of hydrogen-bond acceptors (Lipinski definition) is 3. The molecule has 0 aromatic heterocycles. The van der Waals surface area contributed by atoms with Gasteiger partial charge in [-0.1, -0.05) is 12.0 Å². The topological polar surface area (TPSA) is 38.3 Å². The molecule has 0 aliphatic rings. The van der Waals surface area contributed by atoms with Crippen LogP contribution in [0.25, 0.3) is 0 Å². The summed E-state index contributed by atoms with van der Waals surface area (Å²) in [5.74, 6) is 1.59. The molecule has 0 saturated carbocycles. The van der Waals surface area contributed by atoms with Crippen LogP contribution in [0, 0.1) is 25.1 Å². The third-order valence-corrected chi connectivity index (χ3v) is 2.39. The molecule has 0 aliphatic heterocycles. The van der Waals surface area contributed by atoms with E-state index >= 15 is 0 Å². The van der Waals surface area contributed by atoms with Gasteiger partial charge in [0.1, 0.15) is 11.9 Å². The number of esters is 1. The Kier molecular flexibility index (Phi) is 4.68. The van der Waals surface area contributed by atoms with Gasteiger partial charge in [-0.05, 0) is 30.2 Å². The fourth-order valence-corrected chi connectivity index (χ4v) is 1.56. The number of carbonyl (C=O) groups excluding carboxylic acids is 1. The molecule has 1 atom stereocenters. The van der Waals surface area contributed by atoms with E-state index in [-0.39, 0.29) is 12.4 Å². The van der Waals surface area contributed by atoms with E-state index in [4.69, 9.17) is 6.42 Å². The minimum absolute atomic E-state index is 0.233.